The fraction of sp³-hybridized carbons (Fsp3) is 0.158. The minimum absolute atomic E-state index is 0.125. The highest BCUT2D eigenvalue weighted by Gasteiger charge is 2.23. The van der Waals surface area contributed by atoms with Gasteiger partial charge in [0.05, 0.1) is 13.7 Å². The van der Waals surface area contributed by atoms with Crippen LogP contribution in [0.5, 0.6) is 5.75 Å². The van der Waals surface area contributed by atoms with Gasteiger partial charge in [-0.1, -0.05) is 30.3 Å². The van der Waals surface area contributed by atoms with E-state index in [2.05, 4.69) is 0 Å². The van der Waals surface area contributed by atoms with E-state index >= 15 is 0 Å². The molecule has 0 spiro atoms. The fourth-order valence-corrected chi connectivity index (χ4v) is 2.44. The normalized spacial score (nSPS) is 14.0. The van der Waals surface area contributed by atoms with Gasteiger partial charge in [0.15, 0.2) is 5.78 Å². The number of amides is 1. The Hall–Kier alpha value is -3.08. The average molecular weight is 323 g/mol. The number of carbonyl (C=O) groups excluding carboxylic acids is 2. The number of allylic oxidation sites excluding steroid dienone is 1. The summed E-state index contributed by atoms with van der Waals surface area (Å²) in [4.78, 5) is 25.5. The van der Waals surface area contributed by atoms with Gasteiger partial charge >= 0.3 is 6.09 Å². The number of cyclic esters (lactones) is 1. The molecule has 0 aliphatic carbocycles. The van der Waals surface area contributed by atoms with Gasteiger partial charge in [-0.3, -0.25) is 9.69 Å². The first-order chi connectivity index (χ1) is 11.7. The maximum Gasteiger partial charge on any atom is 0.414 e. The molecular formula is C19H17NO4. The standard InChI is InChI=1S/C19H17NO4/c1-23-17-8-5-14(6-9-17)7-10-18(21)15-3-2-4-16(13-15)20-11-12-24-19(20)22/h2-10,13H,11-12H2,1H3. The molecule has 0 aromatic heterocycles. The summed E-state index contributed by atoms with van der Waals surface area (Å²) in [6.45, 7) is 0.868. The van der Waals surface area contributed by atoms with E-state index in [1.807, 2.05) is 24.3 Å². The van der Waals surface area contributed by atoms with Crippen molar-refractivity contribution >= 4 is 23.6 Å². The number of hydrogen-bond donors (Lipinski definition) is 0. The summed E-state index contributed by atoms with van der Waals surface area (Å²) >= 11 is 0. The van der Waals surface area contributed by atoms with Gasteiger partial charge in [-0.15, -0.1) is 0 Å². The third-order valence-corrected chi connectivity index (χ3v) is 3.75. The van der Waals surface area contributed by atoms with Crippen molar-refractivity contribution in [3.8, 4) is 5.75 Å². The van der Waals surface area contributed by atoms with E-state index in [4.69, 9.17) is 9.47 Å². The number of nitrogens with zero attached hydrogens (tertiary/aromatic N) is 1. The van der Waals surface area contributed by atoms with Gasteiger partial charge in [0.1, 0.15) is 12.4 Å². The van der Waals surface area contributed by atoms with E-state index in [1.54, 1.807) is 37.5 Å². The van der Waals surface area contributed by atoms with E-state index < -0.39 is 0 Å². The minimum atomic E-state index is -0.381. The highest BCUT2D eigenvalue weighted by Crippen LogP contribution is 2.20. The second-order valence-corrected chi connectivity index (χ2v) is 5.29. The third-order valence-electron chi connectivity index (χ3n) is 3.75. The topological polar surface area (TPSA) is 55.8 Å². The molecule has 5 nitrogen and oxygen atoms in total. The summed E-state index contributed by atoms with van der Waals surface area (Å²) in [6, 6.07) is 14.4. The van der Waals surface area contributed by atoms with Gasteiger partial charge in [0, 0.05) is 11.3 Å². The molecule has 1 amide bonds. The monoisotopic (exact) mass is 323 g/mol. The Morgan fingerprint density at radius 1 is 1.21 bits per heavy atom. The van der Waals surface area contributed by atoms with E-state index in [-0.39, 0.29) is 11.9 Å². The lowest BCUT2D eigenvalue weighted by Crippen LogP contribution is -2.23. The molecule has 122 valence electrons. The summed E-state index contributed by atoms with van der Waals surface area (Å²) in [5.74, 6) is 0.643. The smallest absolute Gasteiger partial charge is 0.414 e. The van der Waals surface area contributed by atoms with Crippen molar-refractivity contribution in [2.24, 2.45) is 0 Å². The zero-order chi connectivity index (χ0) is 16.9. The van der Waals surface area contributed by atoms with E-state index in [0.717, 1.165) is 11.3 Å². The van der Waals surface area contributed by atoms with E-state index in [1.165, 1.54) is 11.0 Å². The van der Waals surface area contributed by atoms with E-state index in [0.29, 0.717) is 24.4 Å². The van der Waals surface area contributed by atoms with Crippen molar-refractivity contribution < 1.29 is 19.1 Å². The molecule has 0 unspecified atom stereocenters. The Balaban J connectivity index is 1.74. The molecule has 1 aliphatic rings. The second-order valence-electron chi connectivity index (χ2n) is 5.29. The largest absolute Gasteiger partial charge is 0.497 e. The molecule has 0 N–H and O–H groups in total. The van der Waals surface area contributed by atoms with Crippen LogP contribution in [0.25, 0.3) is 6.08 Å². The van der Waals surface area contributed by atoms with Gasteiger partial charge < -0.3 is 9.47 Å². The van der Waals surface area contributed by atoms with Crippen LogP contribution in [0.1, 0.15) is 15.9 Å². The molecule has 0 radical (unpaired) electrons. The maximum absolute atomic E-state index is 12.3. The van der Waals surface area contributed by atoms with Gasteiger partial charge in [-0.25, -0.2) is 4.79 Å². The zero-order valence-electron chi connectivity index (χ0n) is 13.3. The van der Waals surface area contributed by atoms with Crippen LogP contribution >= 0.6 is 0 Å². The molecule has 3 rings (SSSR count). The van der Waals surface area contributed by atoms with Crippen molar-refractivity contribution in [1.82, 2.24) is 0 Å². The highest BCUT2D eigenvalue weighted by molar-refractivity contribution is 6.07. The number of rotatable bonds is 5. The molecule has 1 heterocycles. The summed E-state index contributed by atoms with van der Waals surface area (Å²) in [6.07, 6.45) is 2.88. The quantitative estimate of drug-likeness (QED) is 0.624. The van der Waals surface area contributed by atoms with Crippen LogP contribution in [-0.4, -0.2) is 32.1 Å². The van der Waals surface area contributed by atoms with Crippen LogP contribution in [0.15, 0.2) is 54.6 Å². The van der Waals surface area contributed by atoms with Crippen LogP contribution < -0.4 is 9.64 Å². The molecule has 24 heavy (non-hydrogen) atoms. The van der Waals surface area contributed by atoms with Crippen molar-refractivity contribution in [2.75, 3.05) is 25.2 Å². The van der Waals surface area contributed by atoms with Crippen LogP contribution in [0.4, 0.5) is 10.5 Å². The molecule has 2 aromatic rings. The van der Waals surface area contributed by atoms with Crippen LogP contribution in [-0.2, 0) is 4.74 Å². The average Bonchev–Trinajstić information content (AvgIpc) is 3.06. The molecule has 0 saturated carbocycles. The van der Waals surface area contributed by atoms with E-state index in [9.17, 15) is 9.59 Å². The van der Waals surface area contributed by atoms with Crippen molar-refractivity contribution in [3.05, 3.63) is 65.7 Å². The molecule has 1 aliphatic heterocycles. The molecule has 0 bridgehead atoms. The Labute approximate surface area is 140 Å². The third kappa shape index (κ3) is 3.46. The molecule has 2 aromatic carbocycles. The molecule has 0 atom stereocenters. The number of hydrogen-bond acceptors (Lipinski definition) is 4. The van der Waals surface area contributed by atoms with Crippen LogP contribution in [0, 0.1) is 0 Å². The minimum Gasteiger partial charge on any atom is -0.497 e. The Kier molecular flexibility index (Phi) is 4.61. The first-order valence-electron chi connectivity index (χ1n) is 7.58. The number of methoxy groups -OCH3 is 1. The van der Waals surface area contributed by atoms with Crippen LogP contribution in [0.2, 0.25) is 0 Å². The first kappa shape index (κ1) is 15.8. The molecular weight excluding hydrogens is 306 g/mol. The predicted octanol–water partition coefficient (Wildman–Crippen LogP) is 3.55. The SMILES string of the molecule is COc1ccc(C=CC(=O)c2cccc(N3CCOC3=O)c2)cc1. The number of ether oxygens (including phenoxy) is 2. The summed E-state index contributed by atoms with van der Waals surface area (Å²) in [7, 11) is 1.61. The lowest BCUT2D eigenvalue weighted by molar-refractivity contribution is 0.104. The fourth-order valence-electron chi connectivity index (χ4n) is 2.44. The first-order valence-corrected chi connectivity index (χ1v) is 7.58. The van der Waals surface area contributed by atoms with Gasteiger partial charge in [0.25, 0.3) is 0 Å². The lowest BCUT2D eigenvalue weighted by atomic mass is 10.1. The number of ketones is 1. The Morgan fingerprint density at radius 3 is 2.67 bits per heavy atom. The predicted molar refractivity (Wildman–Crippen MR) is 91.5 cm³/mol. The van der Waals surface area contributed by atoms with Crippen molar-refractivity contribution in [1.29, 1.82) is 0 Å². The van der Waals surface area contributed by atoms with Gasteiger partial charge in [-0.2, -0.15) is 0 Å². The summed E-state index contributed by atoms with van der Waals surface area (Å²) < 4.78 is 10.0. The lowest BCUT2D eigenvalue weighted by Gasteiger charge is -2.13. The molecule has 1 fully saturated rings. The number of benzene rings is 2. The molecule has 1 saturated heterocycles. The van der Waals surface area contributed by atoms with Crippen LogP contribution in [0.3, 0.4) is 0 Å². The number of carbonyl (C=O) groups is 2. The van der Waals surface area contributed by atoms with Gasteiger partial charge in [-0.05, 0) is 35.9 Å². The zero-order valence-corrected chi connectivity index (χ0v) is 13.3. The Bertz CT molecular complexity index is 780. The Morgan fingerprint density at radius 2 is 2.00 bits per heavy atom. The molecule has 5 heteroatoms. The van der Waals surface area contributed by atoms with Gasteiger partial charge in [0.2, 0.25) is 0 Å². The van der Waals surface area contributed by atoms with Crippen molar-refractivity contribution in [2.45, 2.75) is 0 Å². The van der Waals surface area contributed by atoms with Crippen molar-refractivity contribution in [3.63, 3.8) is 0 Å². The highest BCUT2D eigenvalue weighted by atomic mass is 16.6. The summed E-state index contributed by atoms with van der Waals surface area (Å²) in [5, 5.41) is 0. The maximum atomic E-state index is 12.3. The number of anilines is 1. The second kappa shape index (κ2) is 7.00. The summed E-state index contributed by atoms with van der Waals surface area (Å²) in [5.41, 5.74) is 2.10.